The highest BCUT2D eigenvalue weighted by Gasteiger charge is 2.14. The fraction of sp³-hybridized carbons (Fsp3) is 0.467. The highest BCUT2D eigenvalue weighted by Crippen LogP contribution is 2.28. The van der Waals surface area contributed by atoms with Gasteiger partial charge in [0.2, 0.25) is 0 Å². The number of aromatic nitrogens is 2. The third-order valence-electron chi connectivity index (χ3n) is 3.13. The van der Waals surface area contributed by atoms with E-state index in [-0.39, 0.29) is 0 Å². The van der Waals surface area contributed by atoms with Crippen molar-refractivity contribution in [2.75, 3.05) is 12.3 Å². The lowest BCUT2D eigenvalue weighted by molar-refractivity contribution is 0.603. The molecule has 108 valence electrons. The van der Waals surface area contributed by atoms with Gasteiger partial charge in [-0.2, -0.15) is 0 Å². The van der Waals surface area contributed by atoms with Crippen molar-refractivity contribution in [1.29, 1.82) is 0 Å². The molecule has 20 heavy (non-hydrogen) atoms. The molecule has 3 nitrogen and oxygen atoms in total. The Balaban J connectivity index is 2.09. The van der Waals surface area contributed by atoms with E-state index in [9.17, 15) is 0 Å². The Hall–Kier alpha value is -0.910. The Morgan fingerprint density at radius 3 is 2.65 bits per heavy atom. The normalized spacial score (nSPS) is 12.6. The molecule has 1 atom stereocenters. The van der Waals surface area contributed by atoms with Gasteiger partial charge in [0, 0.05) is 11.8 Å². The Kier molecular flexibility index (Phi) is 5.57. The van der Waals surface area contributed by atoms with E-state index in [0.29, 0.717) is 6.04 Å². The molecule has 2 rings (SSSR count). The first-order valence-corrected chi connectivity index (χ1v) is 8.63. The Labute approximate surface area is 129 Å². The molecule has 0 aliphatic carbocycles. The molecule has 2 aromatic rings. The number of benzene rings is 1. The molecule has 1 aromatic carbocycles. The first kappa shape index (κ1) is 15.5. The Morgan fingerprint density at radius 2 is 2.05 bits per heavy atom. The first-order chi connectivity index (χ1) is 9.60. The van der Waals surface area contributed by atoms with Crippen LogP contribution in [0.25, 0.3) is 0 Å². The second kappa shape index (κ2) is 7.20. The minimum atomic E-state index is 0.356. The number of nitrogens with one attached hydrogen (secondary N) is 1. The van der Waals surface area contributed by atoms with Crippen molar-refractivity contribution in [3.63, 3.8) is 0 Å². The van der Waals surface area contributed by atoms with Gasteiger partial charge in [0.15, 0.2) is 4.34 Å². The summed E-state index contributed by atoms with van der Waals surface area (Å²) in [6.07, 6.45) is 0. The largest absolute Gasteiger partial charge is 0.309 e. The number of nitrogens with zero attached hydrogens (tertiary/aromatic N) is 2. The Bertz CT molecular complexity index is 566. The maximum Gasteiger partial charge on any atom is 0.174 e. The molecule has 0 amide bonds. The van der Waals surface area contributed by atoms with E-state index in [4.69, 9.17) is 0 Å². The lowest BCUT2D eigenvalue weighted by Gasteiger charge is -2.20. The lowest BCUT2D eigenvalue weighted by Crippen LogP contribution is -2.23. The van der Waals surface area contributed by atoms with Crippen LogP contribution >= 0.6 is 23.1 Å². The molecule has 1 N–H and O–H groups in total. The predicted molar refractivity (Wildman–Crippen MR) is 87.7 cm³/mol. The van der Waals surface area contributed by atoms with Gasteiger partial charge in [0.25, 0.3) is 0 Å². The second-order valence-corrected chi connectivity index (χ2v) is 7.32. The lowest BCUT2D eigenvalue weighted by atomic mass is 10.0. The van der Waals surface area contributed by atoms with Gasteiger partial charge in [-0.1, -0.05) is 53.8 Å². The van der Waals surface area contributed by atoms with Crippen molar-refractivity contribution >= 4 is 23.1 Å². The van der Waals surface area contributed by atoms with Crippen LogP contribution in [0.4, 0.5) is 0 Å². The molecule has 0 saturated heterocycles. The summed E-state index contributed by atoms with van der Waals surface area (Å²) in [4.78, 5) is 0. The van der Waals surface area contributed by atoms with Crippen LogP contribution in [0.3, 0.4) is 0 Å². The molecule has 0 fully saturated rings. The molecule has 5 heteroatoms. The van der Waals surface area contributed by atoms with Crippen molar-refractivity contribution in [2.24, 2.45) is 0 Å². The number of rotatable bonds is 6. The number of hydrogen-bond acceptors (Lipinski definition) is 5. The second-order valence-electron chi connectivity index (χ2n) is 4.87. The molecular weight excluding hydrogens is 286 g/mol. The van der Waals surface area contributed by atoms with Gasteiger partial charge < -0.3 is 5.32 Å². The highest BCUT2D eigenvalue weighted by atomic mass is 32.2. The molecule has 0 radical (unpaired) electrons. The fourth-order valence-electron chi connectivity index (χ4n) is 2.21. The van der Waals surface area contributed by atoms with Crippen LogP contribution in [0.5, 0.6) is 0 Å². The standard InChI is InChI=1S/C15H21N3S2/c1-5-16-14(9-19-15-18-17-12(4)20-15)13-7-6-10(2)8-11(13)3/h6-8,14,16H,5,9H2,1-4H3. The molecule has 1 aromatic heterocycles. The maximum absolute atomic E-state index is 4.18. The van der Waals surface area contributed by atoms with E-state index in [0.717, 1.165) is 21.6 Å². The first-order valence-electron chi connectivity index (χ1n) is 6.83. The molecule has 0 aliphatic heterocycles. The van der Waals surface area contributed by atoms with Crippen molar-refractivity contribution in [1.82, 2.24) is 15.5 Å². The average molecular weight is 307 g/mol. The summed E-state index contributed by atoms with van der Waals surface area (Å²) >= 11 is 3.44. The number of aryl methyl sites for hydroxylation is 3. The van der Waals surface area contributed by atoms with Gasteiger partial charge >= 0.3 is 0 Å². The third kappa shape index (κ3) is 4.04. The topological polar surface area (TPSA) is 37.8 Å². The summed E-state index contributed by atoms with van der Waals surface area (Å²) in [5.74, 6) is 0.979. The zero-order valence-electron chi connectivity index (χ0n) is 12.4. The summed E-state index contributed by atoms with van der Waals surface area (Å²) in [6.45, 7) is 9.43. The zero-order valence-corrected chi connectivity index (χ0v) is 14.1. The zero-order chi connectivity index (χ0) is 14.5. The average Bonchev–Trinajstić information content (AvgIpc) is 2.81. The third-order valence-corrected chi connectivity index (χ3v) is 5.20. The van der Waals surface area contributed by atoms with E-state index in [1.54, 1.807) is 23.1 Å². The van der Waals surface area contributed by atoms with Crippen LogP contribution in [0.1, 0.15) is 34.7 Å². The summed E-state index contributed by atoms with van der Waals surface area (Å²) in [5.41, 5.74) is 4.05. The summed E-state index contributed by atoms with van der Waals surface area (Å²) < 4.78 is 1.05. The quantitative estimate of drug-likeness (QED) is 0.821. The molecule has 0 saturated carbocycles. The van der Waals surface area contributed by atoms with Crippen molar-refractivity contribution < 1.29 is 0 Å². The minimum absolute atomic E-state index is 0.356. The highest BCUT2D eigenvalue weighted by molar-refractivity contribution is 8.01. The van der Waals surface area contributed by atoms with Gasteiger partial charge in [-0.25, -0.2) is 0 Å². The minimum Gasteiger partial charge on any atom is -0.309 e. The fourth-order valence-corrected chi connectivity index (χ4v) is 4.14. The summed E-state index contributed by atoms with van der Waals surface area (Å²) in [7, 11) is 0. The maximum atomic E-state index is 4.18. The summed E-state index contributed by atoms with van der Waals surface area (Å²) in [6, 6.07) is 7.03. The van der Waals surface area contributed by atoms with Crippen LogP contribution in [-0.2, 0) is 0 Å². The predicted octanol–water partition coefficient (Wildman–Crippen LogP) is 3.91. The van der Waals surface area contributed by atoms with E-state index < -0.39 is 0 Å². The van der Waals surface area contributed by atoms with E-state index >= 15 is 0 Å². The Morgan fingerprint density at radius 1 is 1.25 bits per heavy atom. The summed E-state index contributed by atoms with van der Waals surface area (Å²) in [5, 5.41) is 12.9. The smallest absolute Gasteiger partial charge is 0.174 e. The SMILES string of the molecule is CCNC(CSc1nnc(C)s1)c1ccc(C)cc1C. The molecule has 0 spiro atoms. The van der Waals surface area contributed by atoms with Crippen LogP contribution in [0.2, 0.25) is 0 Å². The van der Waals surface area contributed by atoms with Gasteiger partial charge in [0.05, 0.1) is 0 Å². The monoisotopic (exact) mass is 307 g/mol. The number of thioether (sulfide) groups is 1. The van der Waals surface area contributed by atoms with Crippen LogP contribution < -0.4 is 5.32 Å². The molecule has 0 bridgehead atoms. The van der Waals surface area contributed by atoms with Crippen molar-refractivity contribution in [2.45, 2.75) is 38.1 Å². The van der Waals surface area contributed by atoms with Crippen LogP contribution in [0.15, 0.2) is 22.5 Å². The van der Waals surface area contributed by atoms with Crippen LogP contribution in [-0.4, -0.2) is 22.5 Å². The van der Waals surface area contributed by atoms with Gasteiger partial charge in [-0.3, -0.25) is 0 Å². The van der Waals surface area contributed by atoms with Crippen molar-refractivity contribution in [3.05, 3.63) is 39.9 Å². The van der Waals surface area contributed by atoms with Crippen LogP contribution in [0, 0.1) is 20.8 Å². The van der Waals surface area contributed by atoms with Gasteiger partial charge in [-0.15, -0.1) is 10.2 Å². The number of hydrogen-bond donors (Lipinski definition) is 1. The van der Waals surface area contributed by atoms with Gasteiger partial charge in [0.1, 0.15) is 5.01 Å². The molecule has 0 aliphatic rings. The van der Waals surface area contributed by atoms with E-state index in [1.807, 2.05) is 6.92 Å². The molecule has 1 heterocycles. The van der Waals surface area contributed by atoms with Crippen molar-refractivity contribution in [3.8, 4) is 0 Å². The van der Waals surface area contributed by atoms with E-state index in [1.165, 1.54) is 16.7 Å². The van der Waals surface area contributed by atoms with Gasteiger partial charge in [-0.05, 0) is 38.4 Å². The molecule has 1 unspecified atom stereocenters. The van der Waals surface area contributed by atoms with E-state index in [2.05, 4.69) is 54.5 Å². The molecular formula is C15H21N3S2.